The van der Waals surface area contributed by atoms with Gasteiger partial charge in [0.15, 0.2) is 0 Å². The molecular formula is C12H24N4O4. The summed E-state index contributed by atoms with van der Waals surface area (Å²) >= 11 is 0. The lowest BCUT2D eigenvalue weighted by molar-refractivity contribution is -0.652. The highest BCUT2D eigenvalue weighted by Gasteiger charge is 2.29. The van der Waals surface area contributed by atoms with Crippen LogP contribution in [0.5, 0.6) is 0 Å². The molecule has 1 amide bonds. The first-order valence-corrected chi connectivity index (χ1v) is 6.74. The Hall–Kier alpha value is -1.57. The van der Waals surface area contributed by atoms with E-state index in [0.29, 0.717) is 24.5 Å². The third-order valence-corrected chi connectivity index (χ3v) is 2.43. The zero-order chi connectivity index (χ0) is 15.3. The standard InChI is InChI=1S/C12H24N4O4/c1-9(2)19-11(17)15-7-6-10(8-15)20-14-16(18)13-12(3,4)5/h9-10H,6-8H2,1-5H3,(H,13,14)/t10-/m1/s1. The number of amides is 1. The van der Waals surface area contributed by atoms with E-state index < -0.39 is 5.54 Å². The van der Waals surface area contributed by atoms with E-state index in [1.165, 1.54) is 0 Å². The fraction of sp³-hybridized carbons (Fsp3) is 0.917. The summed E-state index contributed by atoms with van der Waals surface area (Å²) in [5.74, 6) is 0. The second kappa shape index (κ2) is 6.74. The summed E-state index contributed by atoms with van der Waals surface area (Å²) in [6, 6.07) is 0. The van der Waals surface area contributed by atoms with Crippen LogP contribution in [-0.4, -0.2) is 46.8 Å². The summed E-state index contributed by atoms with van der Waals surface area (Å²) in [4.78, 5) is 18.7. The van der Waals surface area contributed by atoms with Gasteiger partial charge in [-0.15, -0.1) is 0 Å². The minimum Gasteiger partial charge on any atom is -0.570 e. The molecule has 0 aromatic carbocycles. The predicted octanol–water partition coefficient (Wildman–Crippen LogP) is 1.80. The molecule has 0 aromatic rings. The third-order valence-electron chi connectivity index (χ3n) is 2.43. The molecule has 0 aromatic heterocycles. The van der Waals surface area contributed by atoms with Crippen molar-refractivity contribution in [1.29, 1.82) is 0 Å². The predicted molar refractivity (Wildman–Crippen MR) is 71.6 cm³/mol. The molecule has 0 aliphatic carbocycles. The molecule has 1 fully saturated rings. The van der Waals surface area contributed by atoms with Crippen molar-refractivity contribution in [2.24, 2.45) is 5.11 Å². The summed E-state index contributed by atoms with van der Waals surface area (Å²) in [6.45, 7) is 9.95. The fourth-order valence-electron chi connectivity index (χ4n) is 1.68. The Morgan fingerprint density at radius 3 is 2.70 bits per heavy atom. The third kappa shape index (κ3) is 6.05. The molecule has 8 heteroatoms. The van der Waals surface area contributed by atoms with Crippen LogP contribution in [0.3, 0.4) is 0 Å². The number of ether oxygens (including phenoxy) is 1. The molecule has 0 bridgehead atoms. The Balaban J connectivity index is 2.35. The number of carbonyl (C=O) groups excluding carboxylic acids is 1. The SMILES string of the molecule is CC(C)OC(=O)N1CC[C@@H](ON[N+]([O-])=NC(C)(C)C)C1. The normalized spacial score (nSPS) is 20.4. The van der Waals surface area contributed by atoms with Crippen molar-refractivity contribution >= 4 is 6.09 Å². The molecule has 1 aliphatic heterocycles. The molecule has 1 atom stereocenters. The Labute approximate surface area is 119 Å². The van der Waals surface area contributed by atoms with Gasteiger partial charge in [0.05, 0.1) is 17.6 Å². The summed E-state index contributed by atoms with van der Waals surface area (Å²) in [5.41, 5.74) is 1.73. The van der Waals surface area contributed by atoms with Crippen LogP contribution in [0.15, 0.2) is 5.11 Å². The number of nitrogens with one attached hydrogen (secondary N) is 1. The van der Waals surface area contributed by atoms with E-state index in [-0.39, 0.29) is 18.3 Å². The fourth-order valence-corrected chi connectivity index (χ4v) is 1.68. The summed E-state index contributed by atoms with van der Waals surface area (Å²) in [5, 5.41) is 15.2. The van der Waals surface area contributed by atoms with E-state index in [2.05, 4.69) is 10.7 Å². The highest BCUT2D eigenvalue weighted by Crippen LogP contribution is 2.13. The first-order chi connectivity index (χ1) is 9.17. The van der Waals surface area contributed by atoms with Gasteiger partial charge in [-0.25, -0.2) is 9.63 Å². The van der Waals surface area contributed by atoms with Crippen LogP contribution < -0.4 is 5.59 Å². The van der Waals surface area contributed by atoms with E-state index in [1.54, 1.807) is 39.5 Å². The van der Waals surface area contributed by atoms with Crippen molar-refractivity contribution in [2.75, 3.05) is 13.1 Å². The van der Waals surface area contributed by atoms with Crippen molar-refractivity contribution in [3.05, 3.63) is 5.21 Å². The molecule has 116 valence electrons. The summed E-state index contributed by atoms with van der Waals surface area (Å²) in [6.07, 6.45) is -0.113. The van der Waals surface area contributed by atoms with Crippen LogP contribution in [0.1, 0.15) is 41.0 Å². The molecule has 0 unspecified atom stereocenters. The Morgan fingerprint density at radius 2 is 2.15 bits per heavy atom. The van der Waals surface area contributed by atoms with E-state index in [4.69, 9.17) is 9.57 Å². The smallest absolute Gasteiger partial charge is 0.410 e. The molecule has 1 N–H and O–H groups in total. The molecule has 1 rings (SSSR count). The van der Waals surface area contributed by atoms with Crippen LogP contribution in [0.2, 0.25) is 0 Å². The van der Waals surface area contributed by atoms with Crippen LogP contribution in [0.25, 0.3) is 0 Å². The number of hydrogen-bond donors (Lipinski definition) is 1. The Kier molecular flexibility index (Phi) is 5.55. The summed E-state index contributed by atoms with van der Waals surface area (Å²) in [7, 11) is 0. The number of carbonyl (C=O) groups is 1. The topological polar surface area (TPSA) is 89.2 Å². The van der Waals surface area contributed by atoms with Gasteiger partial charge in [-0.05, 0) is 46.6 Å². The Bertz CT molecular complexity index is 365. The maximum atomic E-state index is 11.7. The molecule has 1 saturated heterocycles. The van der Waals surface area contributed by atoms with Gasteiger partial charge < -0.3 is 14.8 Å². The van der Waals surface area contributed by atoms with Crippen LogP contribution in [0.4, 0.5) is 4.79 Å². The van der Waals surface area contributed by atoms with Gasteiger partial charge in [-0.1, -0.05) is 0 Å². The van der Waals surface area contributed by atoms with Crippen LogP contribution in [0, 0.1) is 5.21 Å². The van der Waals surface area contributed by atoms with Crippen molar-refractivity contribution in [2.45, 2.75) is 58.8 Å². The van der Waals surface area contributed by atoms with Crippen molar-refractivity contribution < 1.29 is 19.3 Å². The minimum atomic E-state index is -0.485. The number of nitrogens with zero attached hydrogens (tertiary/aromatic N) is 3. The quantitative estimate of drug-likeness (QED) is 0.484. The molecule has 0 saturated carbocycles. The first-order valence-electron chi connectivity index (χ1n) is 6.74. The molecule has 1 aliphatic rings. The second-order valence-corrected chi connectivity index (χ2v) is 6.04. The minimum absolute atomic E-state index is 0.150. The molecular weight excluding hydrogens is 264 g/mol. The highest BCUT2D eigenvalue weighted by molar-refractivity contribution is 5.68. The van der Waals surface area contributed by atoms with E-state index in [1.807, 2.05) is 0 Å². The van der Waals surface area contributed by atoms with Gasteiger partial charge >= 0.3 is 6.09 Å². The van der Waals surface area contributed by atoms with E-state index >= 15 is 0 Å². The molecule has 0 spiro atoms. The average Bonchev–Trinajstić information content (AvgIpc) is 2.71. The Morgan fingerprint density at radius 1 is 1.50 bits per heavy atom. The number of hydrazine groups is 1. The van der Waals surface area contributed by atoms with Gasteiger partial charge in [0.25, 0.3) is 0 Å². The number of rotatable bonds is 4. The number of likely N-dealkylation sites (tertiary alicyclic amines) is 1. The number of hydrogen-bond acceptors (Lipinski definition) is 5. The maximum absolute atomic E-state index is 11.7. The maximum Gasteiger partial charge on any atom is 0.410 e. The summed E-state index contributed by atoms with van der Waals surface area (Å²) < 4.78 is 5.09. The van der Waals surface area contributed by atoms with Crippen LogP contribution in [-0.2, 0) is 9.57 Å². The van der Waals surface area contributed by atoms with Gasteiger partial charge in [0.2, 0.25) is 0 Å². The zero-order valence-corrected chi connectivity index (χ0v) is 12.8. The van der Waals surface area contributed by atoms with Crippen molar-refractivity contribution in [3.8, 4) is 0 Å². The lowest BCUT2D eigenvalue weighted by atomic mass is 10.1. The van der Waals surface area contributed by atoms with Gasteiger partial charge in [-0.2, -0.15) is 0 Å². The lowest BCUT2D eigenvalue weighted by Gasteiger charge is -2.17. The highest BCUT2D eigenvalue weighted by atomic mass is 16.8. The first kappa shape index (κ1) is 16.5. The van der Waals surface area contributed by atoms with Crippen molar-refractivity contribution in [1.82, 2.24) is 10.5 Å². The average molecular weight is 288 g/mol. The molecule has 8 nitrogen and oxygen atoms in total. The van der Waals surface area contributed by atoms with Crippen LogP contribution >= 0.6 is 0 Å². The van der Waals surface area contributed by atoms with Gasteiger partial charge in [0, 0.05) is 11.7 Å². The lowest BCUT2D eigenvalue weighted by Crippen LogP contribution is -2.35. The molecule has 1 heterocycles. The van der Waals surface area contributed by atoms with Crippen molar-refractivity contribution in [3.63, 3.8) is 0 Å². The molecule has 20 heavy (non-hydrogen) atoms. The van der Waals surface area contributed by atoms with Gasteiger partial charge in [-0.3, -0.25) is 0 Å². The van der Waals surface area contributed by atoms with Gasteiger partial charge in [0.1, 0.15) is 11.6 Å². The van der Waals surface area contributed by atoms with E-state index in [0.717, 1.165) is 0 Å². The van der Waals surface area contributed by atoms with E-state index in [9.17, 15) is 10.0 Å². The monoisotopic (exact) mass is 288 g/mol. The largest absolute Gasteiger partial charge is 0.570 e. The second-order valence-electron chi connectivity index (χ2n) is 6.04. The molecule has 0 radical (unpaired) electrons. The zero-order valence-electron chi connectivity index (χ0n) is 12.8.